The molecule has 0 saturated carbocycles. The number of halogens is 3. The van der Waals surface area contributed by atoms with Crippen LogP contribution in [0.25, 0.3) is 11.6 Å². The zero-order valence-corrected chi connectivity index (χ0v) is 12.4. The summed E-state index contributed by atoms with van der Waals surface area (Å²) in [6, 6.07) is 8.16. The topological polar surface area (TPSA) is 0 Å². The van der Waals surface area contributed by atoms with Gasteiger partial charge in [-0.15, -0.1) is 0 Å². The second-order valence-corrected chi connectivity index (χ2v) is 5.63. The van der Waals surface area contributed by atoms with Crippen molar-refractivity contribution in [2.75, 3.05) is 0 Å². The second kappa shape index (κ2) is 5.99. The van der Waals surface area contributed by atoms with Gasteiger partial charge in [0.25, 0.3) is 0 Å². The molecule has 3 heteroatoms. The van der Waals surface area contributed by atoms with Crippen LogP contribution in [0, 0.1) is 17.5 Å². The van der Waals surface area contributed by atoms with Crippen LogP contribution in [0.2, 0.25) is 0 Å². The summed E-state index contributed by atoms with van der Waals surface area (Å²) in [6.07, 6.45) is 4.07. The highest BCUT2D eigenvalue weighted by molar-refractivity contribution is 5.84. The van der Waals surface area contributed by atoms with Crippen LogP contribution >= 0.6 is 0 Å². The van der Waals surface area contributed by atoms with Crippen molar-refractivity contribution in [3.8, 4) is 0 Å². The number of fused-ring (bicyclic) bond motifs is 1. The molecule has 2 aromatic rings. The van der Waals surface area contributed by atoms with Gasteiger partial charge in [-0.2, -0.15) is 0 Å². The predicted octanol–water partition coefficient (Wildman–Crippen LogP) is 5.54. The van der Waals surface area contributed by atoms with Crippen LogP contribution in [-0.4, -0.2) is 0 Å². The summed E-state index contributed by atoms with van der Waals surface area (Å²) in [5.41, 5.74) is 2.81. The fraction of sp³-hybridized carbons (Fsp3) is 0.263. The standard InChI is InChI=1S/C19H17F3/c1-2-4-12-7-10-16(19(22)18(12)21)14-8-9-15-13(11-14)5-3-6-17(15)20/h3,5-7,10-11H,2,4,8-9H2,1H3. The van der Waals surface area contributed by atoms with E-state index in [9.17, 15) is 13.2 Å². The highest BCUT2D eigenvalue weighted by Crippen LogP contribution is 2.33. The van der Waals surface area contributed by atoms with Crippen molar-refractivity contribution < 1.29 is 13.2 Å². The van der Waals surface area contributed by atoms with E-state index in [2.05, 4.69) is 0 Å². The van der Waals surface area contributed by atoms with Crippen molar-refractivity contribution in [3.63, 3.8) is 0 Å². The van der Waals surface area contributed by atoms with Gasteiger partial charge in [0.1, 0.15) is 5.82 Å². The Morgan fingerprint density at radius 1 is 0.955 bits per heavy atom. The molecule has 1 aliphatic carbocycles. The molecular weight excluding hydrogens is 285 g/mol. The highest BCUT2D eigenvalue weighted by Gasteiger charge is 2.20. The maximum atomic E-state index is 14.3. The van der Waals surface area contributed by atoms with Crippen LogP contribution in [0.4, 0.5) is 13.2 Å². The van der Waals surface area contributed by atoms with Crippen molar-refractivity contribution in [3.05, 3.63) is 70.0 Å². The average Bonchev–Trinajstić information content (AvgIpc) is 2.52. The van der Waals surface area contributed by atoms with Gasteiger partial charge in [0, 0.05) is 5.56 Å². The Kier molecular flexibility index (Phi) is 4.06. The quantitative estimate of drug-likeness (QED) is 0.698. The zero-order chi connectivity index (χ0) is 15.7. The van der Waals surface area contributed by atoms with E-state index in [1.165, 1.54) is 6.07 Å². The minimum Gasteiger partial charge on any atom is -0.207 e. The molecule has 0 N–H and O–H groups in total. The number of allylic oxidation sites excluding steroid dienone is 1. The summed E-state index contributed by atoms with van der Waals surface area (Å²) in [4.78, 5) is 0. The second-order valence-electron chi connectivity index (χ2n) is 5.63. The first kappa shape index (κ1) is 14.9. The molecule has 0 atom stereocenters. The summed E-state index contributed by atoms with van der Waals surface area (Å²) in [5.74, 6) is -1.79. The van der Waals surface area contributed by atoms with E-state index in [1.54, 1.807) is 30.3 Å². The van der Waals surface area contributed by atoms with E-state index >= 15 is 0 Å². The van der Waals surface area contributed by atoms with Gasteiger partial charge in [0.2, 0.25) is 0 Å². The van der Waals surface area contributed by atoms with Gasteiger partial charge in [-0.25, -0.2) is 13.2 Å². The first-order valence-electron chi connectivity index (χ1n) is 7.57. The Labute approximate surface area is 128 Å². The summed E-state index contributed by atoms with van der Waals surface area (Å²) >= 11 is 0. The molecule has 0 unspecified atom stereocenters. The van der Waals surface area contributed by atoms with Crippen LogP contribution < -0.4 is 0 Å². The largest absolute Gasteiger partial charge is 0.207 e. The normalized spacial score (nSPS) is 13.7. The van der Waals surface area contributed by atoms with E-state index in [-0.39, 0.29) is 11.4 Å². The van der Waals surface area contributed by atoms with Crippen LogP contribution in [0.3, 0.4) is 0 Å². The fourth-order valence-electron chi connectivity index (χ4n) is 3.01. The molecule has 0 radical (unpaired) electrons. The first-order chi connectivity index (χ1) is 10.6. The Morgan fingerprint density at radius 2 is 1.77 bits per heavy atom. The minimum atomic E-state index is -0.794. The average molecular weight is 302 g/mol. The van der Waals surface area contributed by atoms with Gasteiger partial charge in [-0.3, -0.25) is 0 Å². The monoisotopic (exact) mass is 302 g/mol. The molecule has 0 spiro atoms. The van der Waals surface area contributed by atoms with E-state index in [0.717, 1.165) is 17.6 Å². The molecule has 2 aromatic carbocycles. The van der Waals surface area contributed by atoms with E-state index in [1.807, 2.05) is 6.92 Å². The summed E-state index contributed by atoms with van der Waals surface area (Å²) < 4.78 is 42.2. The summed E-state index contributed by atoms with van der Waals surface area (Å²) in [5, 5.41) is 0. The number of hydrogen-bond donors (Lipinski definition) is 0. The molecule has 0 bridgehead atoms. The maximum Gasteiger partial charge on any atom is 0.166 e. The van der Waals surface area contributed by atoms with Crippen LogP contribution in [0.1, 0.15) is 42.0 Å². The molecule has 0 nitrogen and oxygen atoms in total. The lowest BCUT2D eigenvalue weighted by Crippen LogP contribution is -2.05. The van der Waals surface area contributed by atoms with Crippen molar-refractivity contribution in [1.82, 2.24) is 0 Å². The molecule has 3 rings (SSSR count). The fourth-order valence-corrected chi connectivity index (χ4v) is 3.01. The van der Waals surface area contributed by atoms with Gasteiger partial charge in [-0.05, 0) is 47.6 Å². The Morgan fingerprint density at radius 3 is 2.55 bits per heavy atom. The molecule has 22 heavy (non-hydrogen) atoms. The number of benzene rings is 2. The molecule has 0 heterocycles. The first-order valence-corrected chi connectivity index (χ1v) is 7.57. The Hall–Kier alpha value is -2.03. The Balaban J connectivity index is 2.04. The number of rotatable bonds is 3. The third kappa shape index (κ3) is 2.56. The highest BCUT2D eigenvalue weighted by atomic mass is 19.2. The zero-order valence-electron chi connectivity index (χ0n) is 12.4. The molecule has 0 aliphatic heterocycles. The lowest BCUT2D eigenvalue weighted by atomic mass is 9.87. The van der Waals surface area contributed by atoms with Crippen molar-refractivity contribution in [1.29, 1.82) is 0 Å². The van der Waals surface area contributed by atoms with Crippen LogP contribution in [0.15, 0.2) is 30.3 Å². The van der Waals surface area contributed by atoms with E-state index in [4.69, 9.17) is 0 Å². The van der Waals surface area contributed by atoms with Gasteiger partial charge in [-0.1, -0.05) is 43.7 Å². The smallest absolute Gasteiger partial charge is 0.166 e. The third-order valence-electron chi connectivity index (χ3n) is 4.16. The molecule has 0 aromatic heterocycles. The van der Waals surface area contributed by atoms with Gasteiger partial charge in [0.05, 0.1) is 0 Å². The molecule has 0 amide bonds. The lowest BCUT2D eigenvalue weighted by Gasteiger charge is -2.18. The van der Waals surface area contributed by atoms with Gasteiger partial charge < -0.3 is 0 Å². The number of hydrogen-bond acceptors (Lipinski definition) is 0. The van der Waals surface area contributed by atoms with Crippen LogP contribution in [-0.2, 0) is 12.8 Å². The number of aryl methyl sites for hydroxylation is 1. The SMILES string of the molecule is CCCc1ccc(C2=Cc3cccc(F)c3CC2)c(F)c1F. The molecular formula is C19H17F3. The van der Waals surface area contributed by atoms with Gasteiger partial charge in [0.15, 0.2) is 11.6 Å². The molecule has 114 valence electrons. The Bertz CT molecular complexity index is 745. The molecule has 1 aliphatic rings. The van der Waals surface area contributed by atoms with Crippen molar-refractivity contribution in [2.24, 2.45) is 0 Å². The predicted molar refractivity (Wildman–Crippen MR) is 82.9 cm³/mol. The molecule has 0 fully saturated rings. The summed E-state index contributed by atoms with van der Waals surface area (Å²) in [7, 11) is 0. The van der Waals surface area contributed by atoms with Crippen molar-refractivity contribution >= 4 is 11.6 Å². The maximum absolute atomic E-state index is 14.3. The minimum absolute atomic E-state index is 0.238. The molecule has 0 saturated heterocycles. The van der Waals surface area contributed by atoms with Crippen molar-refractivity contribution in [2.45, 2.75) is 32.6 Å². The van der Waals surface area contributed by atoms with Crippen LogP contribution in [0.5, 0.6) is 0 Å². The van der Waals surface area contributed by atoms with Gasteiger partial charge >= 0.3 is 0 Å². The van der Waals surface area contributed by atoms with E-state index < -0.39 is 11.6 Å². The summed E-state index contributed by atoms with van der Waals surface area (Å²) in [6.45, 7) is 1.93. The third-order valence-corrected chi connectivity index (χ3v) is 4.16. The van der Waals surface area contributed by atoms with E-state index in [0.29, 0.717) is 30.4 Å². The lowest BCUT2D eigenvalue weighted by molar-refractivity contribution is 0.495.